The molecule has 2 aliphatic rings. The first kappa shape index (κ1) is 29.0. The van der Waals surface area contributed by atoms with Gasteiger partial charge in [-0.05, 0) is 12.1 Å². The van der Waals surface area contributed by atoms with Gasteiger partial charge in [0, 0.05) is 24.3 Å². The Labute approximate surface area is 230 Å². The van der Waals surface area contributed by atoms with Crippen molar-refractivity contribution in [1.29, 1.82) is 0 Å². The van der Waals surface area contributed by atoms with E-state index >= 15 is 0 Å². The maximum Gasteiger partial charge on any atom is 0.229 e. The van der Waals surface area contributed by atoms with E-state index in [1.807, 2.05) is 0 Å². The third-order valence-corrected chi connectivity index (χ3v) is 6.84. The van der Waals surface area contributed by atoms with Gasteiger partial charge in [-0.1, -0.05) is 0 Å². The lowest BCUT2D eigenvalue weighted by molar-refractivity contribution is -0.344. The molecule has 2 saturated heterocycles. The van der Waals surface area contributed by atoms with Gasteiger partial charge < -0.3 is 69.3 Å². The van der Waals surface area contributed by atoms with Crippen LogP contribution < -0.4 is 10.2 Å². The summed E-state index contributed by atoms with van der Waals surface area (Å²) in [7, 11) is 0. The largest absolute Gasteiger partial charge is 0.508 e. The summed E-state index contributed by atoms with van der Waals surface area (Å²) in [6, 6.07) is 6.78. The van der Waals surface area contributed by atoms with Crippen molar-refractivity contribution in [2.24, 2.45) is 0 Å². The van der Waals surface area contributed by atoms with Crippen LogP contribution in [0, 0.1) is 0 Å². The van der Waals surface area contributed by atoms with Crippen molar-refractivity contribution in [1.82, 2.24) is 0 Å². The summed E-state index contributed by atoms with van der Waals surface area (Å²) < 4.78 is 28.1. The lowest BCUT2D eigenvalue weighted by atomic mass is 9.98. The minimum absolute atomic E-state index is 0.0561. The normalized spacial score (nSPS) is 32.2. The molecule has 9 N–H and O–H groups in total. The summed E-state index contributed by atoms with van der Waals surface area (Å²) in [5.41, 5.74) is -0.779. The molecule has 15 nitrogen and oxygen atoms in total. The van der Waals surface area contributed by atoms with Crippen molar-refractivity contribution >= 4 is 11.0 Å². The Morgan fingerprint density at radius 3 is 2.34 bits per heavy atom. The van der Waals surface area contributed by atoms with Crippen LogP contribution in [0.1, 0.15) is 0 Å². The van der Waals surface area contributed by atoms with Gasteiger partial charge in [0.05, 0.1) is 18.8 Å². The summed E-state index contributed by atoms with van der Waals surface area (Å²) in [6.45, 7) is -1.18. The van der Waals surface area contributed by atoms with Crippen LogP contribution in [0.4, 0.5) is 0 Å². The molecule has 2 fully saturated rings. The van der Waals surface area contributed by atoms with Crippen molar-refractivity contribution < 1.29 is 69.3 Å². The molecule has 2 aliphatic heterocycles. The molecule has 0 spiro atoms. The molecule has 222 valence electrons. The Kier molecular flexibility index (Phi) is 8.06. The second kappa shape index (κ2) is 11.4. The second-order valence-electron chi connectivity index (χ2n) is 9.67. The van der Waals surface area contributed by atoms with E-state index in [4.69, 9.17) is 23.4 Å². The summed E-state index contributed by atoms with van der Waals surface area (Å²) in [6.07, 6.45) is -14.6. The van der Waals surface area contributed by atoms with Gasteiger partial charge in [-0.2, -0.15) is 0 Å². The molecule has 0 aliphatic carbocycles. The van der Waals surface area contributed by atoms with E-state index in [9.17, 15) is 50.8 Å². The number of benzene rings is 2. The van der Waals surface area contributed by atoms with Crippen LogP contribution in [0.5, 0.6) is 23.0 Å². The van der Waals surface area contributed by atoms with Crippen LogP contribution in [0.25, 0.3) is 22.3 Å². The highest BCUT2D eigenvalue weighted by molar-refractivity contribution is 5.86. The Morgan fingerprint density at radius 1 is 0.854 bits per heavy atom. The van der Waals surface area contributed by atoms with E-state index in [1.54, 1.807) is 0 Å². The fourth-order valence-corrected chi connectivity index (χ4v) is 4.67. The number of rotatable bonds is 6. The number of aromatic hydroxyl groups is 3. The minimum atomic E-state index is -1.80. The van der Waals surface area contributed by atoms with E-state index in [-0.39, 0.29) is 39.5 Å². The smallest absolute Gasteiger partial charge is 0.229 e. The Morgan fingerprint density at radius 2 is 1.61 bits per heavy atom. The van der Waals surface area contributed by atoms with E-state index in [1.165, 1.54) is 12.1 Å². The van der Waals surface area contributed by atoms with Gasteiger partial charge in [-0.25, -0.2) is 0 Å². The first-order valence-corrected chi connectivity index (χ1v) is 12.4. The summed E-state index contributed by atoms with van der Waals surface area (Å²) in [4.78, 5) is 12.8. The summed E-state index contributed by atoms with van der Waals surface area (Å²) in [5.74, 6) is -1.52. The molecule has 15 heteroatoms. The molecule has 2 aromatic carbocycles. The molecule has 5 rings (SSSR count). The molecule has 0 bridgehead atoms. The molecule has 41 heavy (non-hydrogen) atoms. The highest BCUT2D eigenvalue weighted by atomic mass is 16.8. The Hall–Kier alpha value is -3.51. The standard InChI is InChI=1S/C26H28O15/c27-7-18-21(34)22(35)24(41-25-23(36)20(33)14(32)8-37-25)26(40-18)39-15-4-9(28)1-2-11(15)16-6-13(31)19-12(30)3-10(29)5-17(19)38-16/h1-6,14,18,20-30,32-36H,7-8H2/t14-,18-,20-,21+,22+,23+,24+,25+,26+/m0/s1. The van der Waals surface area contributed by atoms with Gasteiger partial charge in [0.15, 0.2) is 17.8 Å². The average molecular weight is 580 g/mol. The zero-order valence-electron chi connectivity index (χ0n) is 21.0. The minimum Gasteiger partial charge on any atom is -0.508 e. The van der Waals surface area contributed by atoms with Gasteiger partial charge in [0.2, 0.25) is 6.29 Å². The molecule has 3 heterocycles. The Bertz CT molecular complexity index is 1460. The first-order valence-electron chi connectivity index (χ1n) is 12.4. The van der Waals surface area contributed by atoms with Gasteiger partial charge in [0.25, 0.3) is 0 Å². The molecule has 0 unspecified atom stereocenters. The zero-order valence-corrected chi connectivity index (χ0v) is 21.0. The molecule has 1 aromatic heterocycles. The maximum atomic E-state index is 12.8. The van der Waals surface area contributed by atoms with E-state index in [0.29, 0.717) is 0 Å². The third-order valence-electron chi connectivity index (χ3n) is 6.84. The lowest BCUT2D eigenvalue weighted by Crippen LogP contribution is -2.63. The fraction of sp³-hybridized carbons (Fsp3) is 0.423. The predicted molar refractivity (Wildman–Crippen MR) is 134 cm³/mol. The quantitative estimate of drug-likeness (QED) is 0.156. The van der Waals surface area contributed by atoms with Crippen molar-refractivity contribution in [3.05, 3.63) is 46.6 Å². The summed E-state index contributed by atoms with van der Waals surface area (Å²) >= 11 is 0. The number of aliphatic hydroxyl groups excluding tert-OH is 6. The van der Waals surface area contributed by atoms with Crippen molar-refractivity contribution in [3.8, 4) is 34.3 Å². The van der Waals surface area contributed by atoms with E-state index in [2.05, 4.69) is 0 Å². The molecular weight excluding hydrogens is 552 g/mol. The van der Waals surface area contributed by atoms with E-state index in [0.717, 1.165) is 24.3 Å². The number of aliphatic hydroxyl groups is 6. The number of ether oxygens (including phenoxy) is 4. The third kappa shape index (κ3) is 5.54. The number of fused-ring (bicyclic) bond motifs is 1. The Balaban J connectivity index is 1.52. The lowest BCUT2D eigenvalue weighted by Gasteiger charge is -2.44. The van der Waals surface area contributed by atoms with Crippen molar-refractivity contribution in [2.75, 3.05) is 13.2 Å². The van der Waals surface area contributed by atoms with Crippen LogP contribution >= 0.6 is 0 Å². The molecule has 0 amide bonds. The number of phenolic OH excluding ortho intramolecular Hbond substituents is 3. The number of hydrogen-bond acceptors (Lipinski definition) is 15. The van der Waals surface area contributed by atoms with Crippen LogP contribution in [0.15, 0.2) is 45.6 Å². The van der Waals surface area contributed by atoms with Crippen LogP contribution in [-0.2, 0) is 14.2 Å². The van der Waals surface area contributed by atoms with Gasteiger partial charge >= 0.3 is 0 Å². The van der Waals surface area contributed by atoms with Crippen LogP contribution in [0.2, 0.25) is 0 Å². The average Bonchev–Trinajstić information content (AvgIpc) is 2.92. The first-order chi connectivity index (χ1) is 19.5. The van der Waals surface area contributed by atoms with Crippen molar-refractivity contribution in [3.63, 3.8) is 0 Å². The van der Waals surface area contributed by atoms with Crippen LogP contribution in [0.3, 0.4) is 0 Å². The molecular formula is C26H28O15. The highest BCUT2D eigenvalue weighted by Crippen LogP contribution is 2.38. The van der Waals surface area contributed by atoms with Crippen LogP contribution in [-0.4, -0.2) is 114 Å². The second-order valence-corrected chi connectivity index (χ2v) is 9.67. The van der Waals surface area contributed by atoms with E-state index < -0.39 is 79.7 Å². The SMILES string of the molecule is O=c1cc(-c2ccc(O)cc2O[C@@H]2O[C@@H](CO)[C@@H](O)[C@@H](O)[C@H]2O[C@H]2OC[C@H](O)[C@H](O)[C@H]2O)oc2cc(O)cc(O)c12. The molecule has 9 atom stereocenters. The highest BCUT2D eigenvalue weighted by Gasteiger charge is 2.50. The zero-order chi connectivity index (χ0) is 29.6. The van der Waals surface area contributed by atoms with Crippen molar-refractivity contribution in [2.45, 2.75) is 55.3 Å². The van der Waals surface area contributed by atoms with Gasteiger partial charge in [-0.15, -0.1) is 0 Å². The van der Waals surface area contributed by atoms with Gasteiger partial charge in [0.1, 0.15) is 76.4 Å². The molecule has 0 radical (unpaired) electrons. The number of hydrogen-bond donors (Lipinski definition) is 9. The summed E-state index contributed by atoms with van der Waals surface area (Å²) in [5, 5.41) is 90.9. The topological polar surface area (TPSA) is 249 Å². The predicted octanol–water partition coefficient (Wildman–Crippen LogP) is -1.78. The fourth-order valence-electron chi connectivity index (χ4n) is 4.67. The number of phenols is 3. The van der Waals surface area contributed by atoms with Gasteiger partial charge in [-0.3, -0.25) is 4.79 Å². The monoisotopic (exact) mass is 580 g/mol. The maximum absolute atomic E-state index is 12.8. The molecule has 3 aromatic rings. The molecule has 0 saturated carbocycles.